The van der Waals surface area contributed by atoms with E-state index in [0.29, 0.717) is 34.6 Å². The Balaban J connectivity index is 1.93. The number of nitrogens with zero attached hydrogens (tertiary/aromatic N) is 2. The molecular weight excluding hydrogens is 417 g/mol. The lowest BCUT2D eigenvalue weighted by atomic mass is 10.2. The molecule has 28 heavy (non-hydrogen) atoms. The first kappa shape index (κ1) is 22.7. The molecule has 5 nitrogen and oxygen atoms in total. The minimum atomic E-state index is -0.147. The van der Waals surface area contributed by atoms with E-state index in [1.165, 1.54) is 11.3 Å². The van der Waals surface area contributed by atoms with Crippen LogP contribution in [0.2, 0.25) is 10.0 Å². The SMILES string of the molecule is CN(C)CCCN(Cc1ccc(Cl)c(Cl)c1)C(=O)CCNC(=O)c1cccs1. The van der Waals surface area contributed by atoms with E-state index in [2.05, 4.69) is 10.2 Å². The number of carbonyl (C=O) groups is 2. The van der Waals surface area contributed by atoms with E-state index >= 15 is 0 Å². The maximum absolute atomic E-state index is 12.7. The van der Waals surface area contributed by atoms with Crippen LogP contribution in [-0.2, 0) is 11.3 Å². The molecule has 2 amide bonds. The summed E-state index contributed by atoms with van der Waals surface area (Å²) in [6, 6.07) is 8.99. The first-order chi connectivity index (χ1) is 13.4. The molecule has 0 fully saturated rings. The summed E-state index contributed by atoms with van der Waals surface area (Å²) in [6.07, 6.45) is 1.11. The molecule has 1 heterocycles. The van der Waals surface area contributed by atoms with E-state index in [-0.39, 0.29) is 18.2 Å². The molecular formula is C20H25Cl2N3O2S. The third-order valence-corrected chi connectivity index (χ3v) is 5.72. The zero-order valence-corrected chi connectivity index (χ0v) is 18.4. The number of hydrogen-bond acceptors (Lipinski definition) is 4. The summed E-state index contributed by atoms with van der Waals surface area (Å²) in [6.45, 7) is 2.29. The van der Waals surface area contributed by atoms with Crippen molar-refractivity contribution >= 4 is 46.4 Å². The van der Waals surface area contributed by atoms with Crippen molar-refractivity contribution in [2.75, 3.05) is 33.7 Å². The predicted octanol–water partition coefficient (Wildman–Crippen LogP) is 4.16. The lowest BCUT2D eigenvalue weighted by Gasteiger charge is -2.24. The molecule has 0 unspecified atom stereocenters. The molecule has 0 atom stereocenters. The van der Waals surface area contributed by atoms with Crippen molar-refractivity contribution < 1.29 is 9.59 Å². The van der Waals surface area contributed by atoms with Crippen molar-refractivity contribution in [2.24, 2.45) is 0 Å². The largest absolute Gasteiger partial charge is 0.351 e. The topological polar surface area (TPSA) is 52.6 Å². The average Bonchev–Trinajstić information content (AvgIpc) is 3.18. The lowest BCUT2D eigenvalue weighted by Crippen LogP contribution is -2.35. The molecule has 8 heteroatoms. The summed E-state index contributed by atoms with van der Waals surface area (Å²) >= 11 is 13.5. The maximum Gasteiger partial charge on any atom is 0.261 e. The van der Waals surface area contributed by atoms with Gasteiger partial charge in [-0.25, -0.2) is 0 Å². The Hall–Kier alpha value is -1.60. The van der Waals surface area contributed by atoms with Gasteiger partial charge < -0.3 is 15.1 Å². The molecule has 0 aliphatic carbocycles. The van der Waals surface area contributed by atoms with Crippen molar-refractivity contribution in [3.05, 3.63) is 56.2 Å². The Morgan fingerprint density at radius 3 is 2.54 bits per heavy atom. The van der Waals surface area contributed by atoms with Gasteiger partial charge in [-0.15, -0.1) is 11.3 Å². The summed E-state index contributed by atoms with van der Waals surface area (Å²) in [4.78, 5) is 29.3. The number of rotatable bonds is 10. The van der Waals surface area contributed by atoms with Crippen LogP contribution < -0.4 is 5.32 Å². The van der Waals surface area contributed by atoms with Gasteiger partial charge in [-0.05, 0) is 56.2 Å². The third-order valence-electron chi connectivity index (χ3n) is 4.11. The Bertz CT molecular complexity index is 782. The number of carbonyl (C=O) groups excluding carboxylic acids is 2. The number of amides is 2. The predicted molar refractivity (Wildman–Crippen MR) is 116 cm³/mol. The van der Waals surface area contributed by atoms with Gasteiger partial charge in [0.25, 0.3) is 5.91 Å². The van der Waals surface area contributed by atoms with Gasteiger partial charge in [0.2, 0.25) is 5.91 Å². The van der Waals surface area contributed by atoms with Gasteiger partial charge in [-0.1, -0.05) is 35.3 Å². The molecule has 1 aromatic carbocycles. The molecule has 1 N–H and O–H groups in total. The molecule has 152 valence electrons. The summed E-state index contributed by atoms with van der Waals surface area (Å²) in [5.74, 6) is -0.150. The van der Waals surface area contributed by atoms with Crippen LogP contribution in [0.15, 0.2) is 35.7 Å². The Kier molecular flexibility index (Phi) is 9.25. The first-order valence-corrected chi connectivity index (χ1v) is 10.7. The van der Waals surface area contributed by atoms with Gasteiger partial charge in [-0.3, -0.25) is 9.59 Å². The van der Waals surface area contributed by atoms with Crippen molar-refractivity contribution in [3.8, 4) is 0 Å². The second kappa shape index (κ2) is 11.4. The van der Waals surface area contributed by atoms with Gasteiger partial charge in [0.15, 0.2) is 0 Å². The van der Waals surface area contributed by atoms with E-state index in [1.807, 2.05) is 31.6 Å². The van der Waals surface area contributed by atoms with Crippen LogP contribution in [0.25, 0.3) is 0 Å². The molecule has 0 saturated carbocycles. The normalized spacial score (nSPS) is 10.9. The fourth-order valence-corrected chi connectivity index (χ4v) is 3.62. The van der Waals surface area contributed by atoms with Crippen molar-refractivity contribution in [1.29, 1.82) is 0 Å². The van der Waals surface area contributed by atoms with Crippen LogP contribution in [0.1, 0.15) is 28.1 Å². The minimum Gasteiger partial charge on any atom is -0.351 e. The van der Waals surface area contributed by atoms with Gasteiger partial charge in [0.1, 0.15) is 0 Å². The van der Waals surface area contributed by atoms with Crippen LogP contribution in [0, 0.1) is 0 Å². The summed E-state index contributed by atoms with van der Waals surface area (Å²) < 4.78 is 0. The highest BCUT2D eigenvalue weighted by molar-refractivity contribution is 7.12. The van der Waals surface area contributed by atoms with Gasteiger partial charge >= 0.3 is 0 Å². The van der Waals surface area contributed by atoms with Gasteiger partial charge in [-0.2, -0.15) is 0 Å². The van der Waals surface area contributed by atoms with Crippen molar-refractivity contribution in [3.63, 3.8) is 0 Å². The standard InChI is InChI=1S/C20H25Cl2N3O2S/c1-24(2)10-4-11-25(14-15-6-7-16(21)17(22)13-15)19(26)8-9-23-20(27)18-5-3-12-28-18/h3,5-7,12-13H,4,8-11,14H2,1-2H3,(H,23,27). The van der Waals surface area contributed by atoms with Crippen LogP contribution in [0.3, 0.4) is 0 Å². The molecule has 0 spiro atoms. The van der Waals surface area contributed by atoms with Crippen LogP contribution in [0.4, 0.5) is 0 Å². The maximum atomic E-state index is 12.7. The molecule has 0 saturated heterocycles. The zero-order chi connectivity index (χ0) is 20.5. The molecule has 0 radical (unpaired) electrons. The smallest absolute Gasteiger partial charge is 0.261 e. The Morgan fingerprint density at radius 2 is 1.89 bits per heavy atom. The van der Waals surface area contributed by atoms with Gasteiger partial charge in [0, 0.05) is 26.1 Å². The number of halogens is 2. The fraction of sp³-hybridized carbons (Fsp3) is 0.400. The number of benzene rings is 1. The second-order valence-electron chi connectivity index (χ2n) is 6.70. The van der Waals surface area contributed by atoms with Gasteiger partial charge in [0.05, 0.1) is 14.9 Å². The molecule has 2 rings (SSSR count). The summed E-state index contributed by atoms with van der Waals surface area (Å²) in [5.41, 5.74) is 0.926. The number of thiophene rings is 1. The second-order valence-corrected chi connectivity index (χ2v) is 8.47. The van der Waals surface area contributed by atoms with Crippen LogP contribution in [0.5, 0.6) is 0 Å². The van der Waals surface area contributed by atoms with E-state index in [0.717, 1.165) is 18.5 Å². The number of hydrogen-bond donors (Lipinski definition) is 1. The highest BCUT2D eigenvalue weighted by atomic mass is 35.5. The summed E-state index contributed by atoms with van der Waals surface area (Å²) in [5, 5.41) is 5.62. The van der Waals surface area contributed by atoms with E-state index in [1.54, 1.807) is 23.1 Å². The molecule has 1 aromatic heterocycles. The zero-order valence-electron chi connectivity index (χ0n) is 16.1. The molecule has 0 aliphatic heterocycles. The Labute approximate surface area is 180 Å². The quantitative estimate of drug-likeness (QED) is 0.602. The summed E-state index contributed by atoms with van der Waals surface area (Å²) in [7, 11) is 4.01. The van der Waals surface area contributed by atoms with Crippen molar-refractivity contribution in [1.82, 2.24) is 15.1 Å². The molecule has 0 aliphatic rings. The van der Waals surface area contributed by atoms with Crippen molar-refractivity contribution in [2.45, 2.75) is 19.4 Å². The van der Waals surface area contributed by atoms with Crippen LogP contribution >= 0.6 is 34.5 Å². The average molecular weight is 442 g/mol. The lowest BCUT2D eigenvalue weighted by molar-refractivity contribution is -0.131. The first-order valence-electron chi connectivity index (χ1n) is 9.05. The molecule has 0 bridgehead atoms. The fourth-order valence-electron chi connectivity index (χ4n) is 2.66. The Morgan fingerprint density at radius 1 is 1.11 bits per heavy atom. The monoisotopic (exact) mass is 441 g/mol. The highest BCUT2D eigenvalue weighted by Gasteiger charge is 2.15. The third kappa shape index (κ3) is 7.43. The van der Waals surface area contributed by atoms with Crippen LogP contribution in [-0.4, -0.2) is 55.3 Å². The van der Waals surface area contributed by atoms with E-state index < -0.39 is 0 Å². The van der Waals surface area contributed by atoms with E-state index in [4.69, 9.17) is 23.2 Å². The number of nitrogens with one attached hydrogen (secondary N) is 1. The van der Waals surface area contributed by atoms with E-state index in [9.17, 15) is 9.59 Å². The minimum absolute atomic E-state index is 0.00342. The molecule has 2 aromatic rings. The highest BCUT2D eigenvalue weighted by Crippen LogP contribution is 2.23.